The number of nitrogens with zero attached hydrogens (tertiary/aromatic N) is 3. The smallest absolute Gasteiger partial charge is 0.387 e. The zero-order valence-corrected chi connectivity index (χ0v) is 23.4. The first-order valence-electron chi connectivity index (χ1n) is 14.5. The lowest BCUT2D eigenvalue weighted by Gasteiger charge is -2.52. The van der Waals surface area contributed by atoms with Crippen LogP contribution in [0, 0.1) is 11.2 Å². The van der Waals surface area contributed by atoms with Gasteiger partial charge in [-0.05, 0) is 25.3 Å². The number of benzene rings is 1. The number of halogens is 4. The summed E-state index contributed by atoms with van der Waals surface area (Å²) in [5.74, 6) is -1.53. The minimum Gasteiger partial charge on any atom is -0.387 e. The number of piperidine rings is 1. The SMILES string of the molecule is O=C(CCC(F)(F)F)N1CCC(O)(Cn2cc(C(=O)N3CCNCC3)c(-c3ccccc3F)cc2=O)C2(CCCC2)C1. The van der Waals surface area contributed by atoms with Gasteiger partial charge in [-0.1, -0.05) is 31.0 Å². The first-order valence-corrected chi connectivity index (χ1v) is 14.5. The fraction of sp³-hybridized carbons (Fsp3) is 0.567. The highest BCUT2D eigenvalue weighted by Crippen LogP contribution is 2.51. The molecule has 1 atom stereocenters. The number of carbonyl (C=O) groups excluding carboxylic acids is 2. The fourth-order valence-electron chi connectivity index (χ4n) is 6.81. The molecule has 3 aliphatic rings. The molecule has 0 radical (unpaired) electrons. The summed E-state index contributed by atoms with van der Waals surface area (Å²) < 4.78 is 54.4. The number of rotatable bonds is 6. The first-order chi connectivity index (χ1) is 19.9. The van der Waals surface area contributed by atoms with Crippen LogP contribution in [0.15, 0.2) is 41.3 Å². The third-order valence-corrected chi connectivity index (χ3v) is 9.17. The zero-order chi connectivity index (χ0) is 30.1. The second-order valence-corrected chi connectivity index (χ2v) is 11.8. The maximum absolute atomic E-state index is 14.9. The third-order valence-electron chi connectivity index (χ3n) is 9.17. The molecule has 1 saturated carbocycles. The van der Waals surface area contributed by atoms with Crippen LogP contribution in [-0.2, 0) is 11.3 Å². The Morgan fingerprint density at radius 3 is 2.33 bits per heavy atom. The van der Waals surface area contributed by atoms with Gasteiger partial charge in [-0.15, -0.1) is 0 Å². The van der Waals surface area contributed by atoms with Crippen LogP contribution < -0.4 is 10.9 Å². The molecule has 3 heterocycles. The van der Waals surface area contributed by atoms with Crippen LogP contribution in [0.3, 0.4) is 0 Å². The summed E-state index contributed by atoms with van der Waals surface area (Å²) >= 11 is 0. The number of aromatic nitrogens is 1. The Kier molecular flexibility index (Phi) is 8.48. The molecule has 2 N–H and O–H groups in total. The van der Waals surface area contributed by atoms with E-state index in [0.29, 0.717) is 39.0 Å². The van der Waals surface area contributed by atoms with Crippen molar-refractivity contribution in [1.29, 1.82) is 0 Å². The van der Waals surface area contributed by atoms with Gasteiger partial charge >= 0.3 is 6.18 Å². The third kappa shape index (κ3) is 6.10. The van der Waals surface area contributed by atoms with E-state index in [2.05, 4.69) is 5.32 Å². The number of hydrogen-bond acceptors (Lipinski definition) is 5. The molecule has 3 fully saturated rings. The zero-order valence-electron chi connectivity index (χ0n) is 23.4. The molecule has 0 bridgehead atoms. The summed E-state index contributed by atoms with van der Waals surface area (Å²) in [4.78, 5) is 42.9. The largest absolute Gasteiger partial charge is 0.389 e. The molecular weight excluding hydrogens is 556 g/mol. The van der Waals surface area contributed by atoms with Crippen molar-refractivity contribution >= 4 is 11.8 Å². The summed E-state index contributed by atoms with van der Waals surface area (Å²) in [7, 11) is 0. The summed E-state index contributed by atoms with van der Waals surface area (Å²) in [5, 5.41) is 15.3. The van der Waals surface area contributed by atoms with Gasteiger partial charge in [-0.3, -0.25) is 14.4 Å². The van der Waals surface area contributed by atoms with Gasteiger partial charge in [0.25, 0.3) is 11.5 Å². The van der Waals surface area contributed by atoms with Crippen molar-refractivity contribution in [3.8, 4) is 11.1 Å². The lowest BCUT2D eigenvalue weighted by molar-refractivity contribution is -0.166. The Balaban J connectivity index is 1.48. The topological polar surface area (TPSA) is 94.9 Å². The number of pyridine rings is 1. The van der Waals surface area contributed by atoms with Crippen molar-refractivity contribution in [3.05, 3.63) is 58.3 Å². The molecule has 2 amide bonds. The van der Waals surface area contributed by atoms with Gasteiger partial charge in [0.2, 0.25) is 5.91 Å². The van der Waals surface area contributed by atoms with Crippen LogP contribution in [-0.4, -0.2) is 82.3 Å². The van der Waals surface area contributed by atoms with Crippen molar-refractivity contribution in [2.75, 3.05) is 39.3 Å². The fourth-order valence-corrected chi connectivity index (χ4v) is 6.81. The number of amides is 2. The molecule has 1 aromatic heterocycles. The molecule has 1 spiro atoms. The molecular formula is C30H36F4N4O4. The number of hydrogen-bond donors (Lipinski definition) is 2. The van der Waals surface area contributed by atoms with Gasteiger partial charge in [0.1, 0.15) is 5.82 Å². The Labute approximate surface area is 241 Å². The molecule has 2 aromatic rings. The number of alkyl halides is 3. The molecule has 228 valence electrons. The van der Waals surface area contributed by atoms with Crippen molar-refractivity contribution in [3.63, 3.8) is 0 Å². The molecule has 42 heavy (non-hydrogen) atoms. The van der Waals surface area contributed by atoms with E-state index in [-0.39, 0.29) is 48.7 Å². The van der Waals surface area contributed by atoms with E-state index in [1.54, 1.807) is 11.0 Å². The molecule has 2 saturated heterocycles. The highest BCUT2D eigenvalue weighted by atomic mass is 19.4. The van der Waals surface area contributed by atoms with Crippen molar-refractivity contribution in [2.24, 2.45) is 5.41 Å². The summed E-state index contributed by atoms with van der Waals surface area (Å²) in [6.45, 7) is 2.09. The van der Waals surface area contributed by atoms with Crippen LogP contribution in [0.1, 0.15) is 55.3 Å². The molecule has 8 nitrogen and oxygen atoms in total. The van der Waals surface area contributed by atoms with Crippen molar-refractivity contribution in [2.45, 2.75) is 63.3 Å². The van der Waals surface area contributed by atoms with Crippen LogP contribution >= 0.6 is 0 Å². The number of nitrogens with one attached hydrogen (secondary N) is 1. The average Bonchev–Trinajstić information content (AvgIpc) is 3.44. The van der Waals surface area contributed by atoms with E-state index < -0.39 is 47.3 Å². The summed E-state index contributed by atoms with van der Waals surface area (Å²) in [6, 6.07) is 7.15. The lowest BCUT2D eigenvalue weighted by Crippen LogP contribution is -2.62. The highest BCUT2D eigenvalue weighted by molar-refractivity contribution is 6.00. The second-order valence-electron chi connectivity index (χ2n) is 11.8. The normalized spacial score (nSPS) is 22.5. The Bertz CT molecular complexity index is 1380. The van der Waals surface area contributed by atoms with Crippen LogP contribution in [0.2, 0.25) is 0 Å². The van der Waals surface area contributed by atoms with E-state index in [9.17, 15) is 37.1 Å². The highest BCUT2D eigenvalue weighted by Gasteiger charge is 2.55. The van der Waals surface area contributed by atoms with Crippen molar-refractivity contribution < 1.29 is 32.3 Å². The van der Waals surface area contributed by atoms with E-state index in [0.717, 1.165) is 12.8 Å². The molecule has 12 heteroatoms. The average molecular weight is 593 g/mol. The van der Waals surface area contributed by atoms with Gasteiger partial charge in [0, 0.05) is 74.5 Å². The van der Waals surface area contributed by atoms with E-state index in [4.69, 9.17) is 0 Å². The Hall–Kier alpha value is -3.25. The maximum Gasteiger partial charge on any atom is 0.389 e. The van der Waals surface area contributed by atoms with E-state index in [1.807, 2.05) is 0 Å². The predicted molar refractivity (Wildman–Crippen MR) is 147 cm³/mol. The number of piperazine rings is 1. The quantitative estimate of drug-likeness (QED) is 0.501. The molecule has 1 aliphatic carbocycles. The van der Waals surface area contributed by atoms with Gasteiger partial charge in [0.15, 0.2) is 0 Å². The standard InChI is InChI=1S/C30H36F4N4O4/c31-24-6-2-1-5-21(24)22-17-26(40)38(18-23(22)27(41)36-15-12-35-13-16-36)20-29(42)11-14-37(19-28(29)8-3-4-9-28)25(39)7-10-30(32,33)34/h1-2,5-6,17-18,35,42H,3-4,7-16,19-20H2. The van der Waals surface area contributed by atoms with Crippen molar-refractivity contribution in [1.82, 2.24) is 19.7 Å². The minimum absolute atomic E-state index is 0.0591. The molecule has 1 aromatic carbocycles. The lowest BCUT2D eigenvalue weighted by atomic mass is 9.65. The number of aliphatic hydroxyl groups is 1. The van der Waals surface area contributed by atoms with Gasteiger partial charge < -0.3 is 24.8 Å². The minimum atomic E-state index is -4.44. The second kappa shape index (κ2) is 11.8. The van der Waals surface area contributed by atoms with Crippen LogP contribution in [0.5, 0.6) is 0 Å². The Morgan fingerprint density at radius 1 is 0.976 bits per heavy atom. The molecule has 5 rings (SSSR count). The molecule has 1 unspecified atom stereocenters. The van der Waals surface area contributed by atoms with Crippen LogP contribution in [0.4, 0.5) is 17.6 Å². The summed E-state index contributed by atoms with van der Waals surface area (Å²) in [6.07, 6.45) is -2.14. The maximum atomic E-state index is 14.9. The number of carbonyl (C=O) groups is 2. The molecule has 2 aliphatic heterocycles. The van der Waals surface area contributed by atoms with Gasteiger partial charge in [0.05, 0.1) is 24.1 Å². The van der Waals surface area contributed by atoms with E-state index in [1.165, 1.54) is 39.9 Å². The van der Waals surface area contributed by atoms with Crippen LogP contribution in [0.25, 0.3) is 11.1 Å². The van der Waals surface area contributed by atoms with Gasteiger partial charge in [-0.2, -0.15) is 13.2 Å². The first kappa shape index (κ1) is 30.2. The summed E-state index contributed by atoms with van der Waals surface area (Å²) in [5.41, 5.74) is -2.32. The van der Waals surface area contributed by atoms with E-state index >= 15 is 0 Å². The van der Waals surface area contributed by atoms with Gasteiger partial charge in [-0.25, -0.2) is 4.39 Å². The Morgan fingerprint density at radius 2 is 1.67 bits per heavy atom. The predicted octanol–water partition coefficient (Wildman–Crippen LogP) is 3.57. The monoisotopic (exact) mass is 592 g/mol. The number of likely N-dealkylation sites (tertiary alicyclic amines) is 1.